The number of rotatable bonds is 4. The first kappa shape index (κ1) is 12.0. The summed E-state index contributed by atoms with van der Waals surface area (Å²) in [4.78, 5) is 20.1. The third-order valence-corrected chi connectivity index (χ3v) is 3.20. The highest BCUT2D eigenvalue weighted by Crippen LogP contribution is 2.32. The van der Waals surface area contributed by atoms with E-state index in [1.54, 1.807) is 20.2 Å². The summed E-state index contributed by atoms with van der Waals surface area (Å²) in [5, 5.41) is 0. The van der Waals surface area contributed by atoms with Gasteiger partial charge in [0.05, 0.1) is 25.4 Å². The number of carbonyl (C=O) groups is 1. The molecule has 0 radical (unpaired) electrons. The van der Waals surface area contributed by atoms with E-state index in [0.717, 1.165) is 24.4 Å². The fourth-order valence-electron chi connectivity index (χ4n) is 2.34. The monoisotopic (exact) mass is 234 g/mol. The molecule has 0 aliphatic heterocycles. The minimum Gasteiger partial charge on any atom is -0.493 e. The van der Waals surface area contributed by atoms with Crippen LogP contribution in [0.25, 0.3) is 0 Å². The zero-order chi connectivity index (χ0) is 12.3. The Morgan fingerprint density at radius 2 is 2.18 bits per heavy atom. The van der Waals surface area contributed by atoms with Crippen LogP contribution in [0.15, 0.2) is 6.20 Å². The van der Waals surface area contributed by atoms with Gasteiger partial charge in [-0.2, -0.15) is 0 Å². The molecule has 0 N–H and O–H groups in total. The topological polar surface area (TPSA) is 52.1 Å². The SMILES string of the molecule is COc1cnc(C2CCCC2)nc1CC(C)=O. The Hall–Kier alpha value is -1.45. The predicted octanol–water partition coefficient (Wildman–Crippen LogP) is 2.27. The number of ether oxygens (including phenoxy) is 1. The second kappa shape index (κ2) is 5.25. The average Bonchev–Trinajstić information content (AvgIpc) is 2.81. The Labute approximate surface area is 101 Å². The molecule has 0 saturated heterocycles. The summed E-state index contributed by atoms with van der Waals surface area (Å²) in [6, 6.07) is 0. The summed E-state index contributed by atoms with van der Waals surface area (Å²) in [7, 11) is 1.58. The molecule has 0 unspecified atom stereocenters. The van der Waals surface area contributed by atoms with Crippen molar-refractivity contribution in [3.8, 4) is 5.75 Å². The molecule has 1 fully saturated rings. The van der Waals surface area contributed by atoms with Gasteiger partial charge in [-0.1, -0.05) is 12.8 Å². The van der Waals surface area contributed by atoms with Crippen molar-refractivity contribution < 1.29 is 9.53 Å². The molecule has 0 atom stereocenters. The molecule has 4 nitrogen and oxygen atoms in total. The van der Waals surface area contributed by atoms with E-state index in [1.807, 2.05) is 0 Å². The van der Waals surface area contributed by atoms with Gasteiger partial charge < -0.3 is 4.74 Å². The molecule has 0 spiro atoms. The standard InChI is InChI=1S/C13H18N2O2/c1-9(16)7-11-12(17-2)8-14-13(15-11)10-5-3-4-6-10/h8,10H,3-7H2,1-2H3. The molecule has 92 valence electrons. The van der Waals surface area contributed by atoms with Gasteiger partial charge in [0.15, 0.2) is 5.75 Å². The third-order valence-electron chi connectivity index (χ3n) is 3.20. The normalized spacial score (nSPS) is 16.1. The first-order valence-electron chi connectivity index (χ1n) is 6.10. The largest absolute Gasteiger partial charge is 0.493 e. The molecule has 1 aliphatic rings. The van der Waals surface area contributed by atoms with Gasteiger partial charge in [0, 0.05) is 5.92 Å². The maximum Gasteiger partial charge on any atom is 0.159 e. The van der Waals surface area contributed by atoms with Crippen molar-refractivity contribution in [1.29, 1.82) is 0 Å². The maximum absolute atomic E-state index is 11.2. The van der Waals surface area contributed by atoms with E-state index in [0.29, 0.717) is 18.1 Å². The maximum atomic E-state index is 11.2. The lowest BCUT2D eigenvalue weighted by atomic mass is 10.1. The Balaban J connectivity index is 2.26. The van der Waals surface area contributed by atoms with Crippen molar-refractivity contribution in [2.45, 2.75) is 44.9 Å². The Morgan fingerprint density at radius 3 is 2.76 bits per heavy atom. The highest BCUT2D eigenvalue weighted by atomic mass is 16.5. The fourth-order valence-corrected chi connectivity index (χ4v) is 2.34. The summed E-state index contributed by atoms with van der Waals surface area (Å²) >= 11 is 0. The minimum atomic E-state index is 0.0966. The Morgan fingerprint density at radius 1 is 1.47 bits per heavy atom. The first-order chi connectivity index (χ1) is 8.20. The number of methoxy groups -OCH3 is 1. The number of hydrogen-bond acceptors (Lipinski definition) is 4. The van der Waals surface area contributed by atoms with Gasteiger partial charge in [0.2, 0.25) is 0 Å². The molecule has 1 aliphatic carbocycles. The van der Waals surface area contributed by atoms with Gasteiger partial charge in [-0.25, -0.2) is 9.97 Å². The van der Waals surface area contributed by atoms with Crippen LogP contribution in [0.3, 0.4) is 0 Å². The van der Waals surface area contributed by atoms with Crippen LogP contribution in [0.5, 0.6) is 5.75 Å². The molecule has 0 aromatic carbocycles. The van der Waals surface area contributed by atoms with Crippen molar-refractivity contribution in [3.63, 3.8) is 0 Å². The number of nitrogens with zero attached hydrogens (tertiary/aromatic N) is 2. The van der Waals surface area contributed by atoms with E-state index in [2.05, 4.69) is 9.97 Å². The van der Waals surface area contributed by atoms with Crippen LogP contribution >= 0.6 is 0 Å². The summed E-state index contributed by atoms with van der Waals surface area (Å²) in [6.07, 6.45) is 6.84. The van der Waals surface area contributed by atoms with Crippen LogP contribution < -0.4 is 4.74 Å². The van der Waals surface area contributed by atoms with Gasteiger partial charge in [-0.05, 0) is 19.8 Å². The van der Waals surface area contributed by atoms with Crippen LogP contribution in [-0.2, 0) is 11.2 Å². The quantitative estimate of drug-likeness (QED) is 0.802. The highest BCUT2D eigenvalue weighted by Gasteiger charge is 2.21. The van der Waals surface area contributed by atoms with Crippen molar-refractivity contribution in [2.75, 3.05) is 7.11 Å². The van der Waals surface area contributed by atoms with Gasteiger partial charge >= 0.3 is 0 Å². The molecule has 17 heavy (non-hydrogen) atoms. The predicted molar refractivity (Wildman–Crippen MR) is 64.2 cm³/mol. The van der Waals surface area contributed by atoms with Crippen LogP contribution in [0, 0.1) is 0 Å². The molecule has 1 aromatic rings. The molecule has 0 bridgehead atoms. The van der Waals surface area contributed by atoms with Crippen LogP contribution in [0.1, 0.15) is 50.0 Å². The smallest absolute Gasteiger partial charge is 0.159 e. The lowest BCUT2D eigenvalue weighted by Gasteiger charge is -2.11. The summed E-state index contributed by atoms with van der Waals surface area (Å²) in [5.41, 5.74) is 0.719. The molecule has 4 heteroatoms. The van der Waals surface area contributed by atoms with Gasteiger partial charge in [-0.3, -0.25) is 4.79 Å². The number of Topliss-reactive ketones (excluding diaryl/α,β-unsaturated/α-hetero) is 1. The molecule has 1 aromatic heterocycles. The molecule has 1 heterocycles. The van der Waals surface area contributed by atoms with E-state index in [9.17, 15) is 4.79 Å². The van der Waals surface area contributed by atoms with Crippen molar-refractivity contribution in [2.24, 2.45) is 0 Å². The van der Waals surface area contributed by atoms with E-state index in [-0.39, 0.29) is 5.78 Å². The lowest BCUT2D eigenvalue weighted by molar-refractivity contribution is -0.116. The number of ketones is 1. The fraction of sp³-hybridized carbons (Fsp3) is 0.615. The lowest BCUT2D eigenvalue weighted by Crippen LogP contribution is -2.08. The number of hydrogen-bond donors (Lipinski definition) is 0. The second-order valence-electron chi connectivity index (χ2n) is 4.60. The van der Waals surface area contributed by atoms with E-state index in [1.165, 1.54) is 12.8 Å². The third kappa shape index (κ3) is 2.81. The van der Waals surface area contributed by atoms with E-state index >= 15 is 0 Å². The number of aromatic nitrogens is 2. The first-order valence-corrected chi connectivity index (χ1v) is 6.10. The summed E-state index contributed by atoms with van der Waals surface area (Å²) in [5.74, 6) is 2.05. The zero-order valence-corrected chi connectivity index (χ0v) is 10.4. The van der Waals surface area contributed by atoms with E-state index in [4.69, 9.17) is 4.74 Å². The Kier molecular flexibility index (Phi) is 3.71. The highest BCUT2D eigenvalue weighted by molar-refractivity contribution is 5.78. The molecule has 0 amide bonds. The van der Waals surface area contributed by atoms with Gasteiger partial charge in [0.1, 0.15) is 11.6 Å². The number of carbonyl (C=O) groups excluding carboxylic acids is 1. The molecule has 2 rings (SSSR count). The second-order valence-corrected chi connectivity index (χ2v) is 4.60. The summed E-state index contributed by atoms with van der Waals surface area (Å²) in [6.45, 7) is 1.57. The summed E-state index contributed by atoms with van der Waals surface area (Å²) < 4.78 is 5.19. The Bertz CT molecular complexity index is 412. The average molecular weight is 234 g/mol. The molecular weight excluding hydrogens is 216 g/mol. The molecular formula is C13H18N2O2. The van der Waals surface area contributed by atoms with Crippen molar-refractivity contribution >= 4 is 5.78 Å². The van der Waals surface area contributed by atoms with Crippen molar-refractivity contribution in [3.05, 3.63) is 17.7 Å². The van der Waals surface area contributed by atoms with Crippen molar-refractivity contribution in [1.82, 2.24) is 9.97 Å². The van der Waals surface area contributed by atoms with Gasteiger partial charge in [0.25, 0.3) is 0 Å². The van der Waals surface area contributed by atoms with Crippen LogP contribution in [0.2, 0.25) is 0 Å². The van der Waals surface area contributed by atoms with Crippen LogP contribution in [-0.4, -0.2) is 22.9 Å². The minimum absolute atomic E-state index is 0.0966. The van der Waals surface area contributed by atoms with Gasteiger partial charge in [-0.15, -0.1) is 0 Å². The molecule has 1 saturated carbocycles. The van der Waals surface area contributed by atoms with E-state index < -0.39 is 0 Å². The van der Waals surface area contributed by atoms with Crippen LogP contribution in [0.4, 0.5) is 0 Å². The zero-order valence-electron chi connectivity index (χ0n) is 10.4.